The summed E-state index contributed by atoms with van der Waals surface area (Å²) in [6, 6.07) is 1.48. The predicted molar refractivity (Wildman–Crippen MR) is 66.0 cm³/mol. The van der Waals surface area contributed by atoms with Crippen LogP contribution in [0.3, 0.4) is 0 Å². The van der Waals surface area contributed by atoms with Gasteiger partial charge >= 0.3 is 0 Å². The fourth-order valence-corrected chi connectivity index (χ4v) is 2.27. The van der Waals surface area contributed by atoms with Gasteiger partial charge in [0, 0.05) is 12.6 Å². The molecule has 0 aromatic carbocycles. The summed E-state index contributed by atoms with van der Waals surface area (Å²) in [6.45, 7) is 2.59. The van der Waals surface area contributed by atoms with Gasteiger partial charge < -0.3 is 15.4 Å². The normalized spacial score (nSPS) is 24.6. The van der Waals surface area contributed by atoms with Crippen molar-refractivity contribution in [3.63, 3.8) is 0 Å². The number of aromatic amines is 1. The molecule has 0 aliphatic heterocycles. The Hall–Kier alpha value is -1.36. The van der Waals surface area contributed by atoms with Crippen LogP contribution in [0, 0.1) is 12.8 Å². The Labute approximate surface area is 100 Å². The van der Waals surface area contributed by atoms with Gasteiger partial charge in [0.15, 0.2) is 0 Å². The molecule has 2 rings (SSSR count). The summed E-state index contributed by atoms with van der Waals surface area (Å²) >= 11 is 0. The second kappa shape index (κ2) is 5.31. The van der Waals surface area contributed by atoms with Crippen LogP contribution in [0.15, 0.2) is 10.9 Å². The van der Waals surface area contributed by atoms with Crippen molar-refractivity contribution >= 4 is 5.82 Å². The summed E-state index contributed by atoms with van der Waals surface area (Å²) < 4.78 is 0. The molecule has 0 bridgehead atoms. The van der Waals surface area contributed by atoms with Crippen molar-refractivity contribution in [1.82, 2.24) is 9.97 Å². The van der Waals surface area contributed by atoms with E-state index in [1.54, 1.807) is 6.92 Å². The van der Waals surface area contributed by atoms with Crippen LogP contribution >= 0.6 is 0 Å². The zero-order valence-electron chi connectivity index (χ0n) is 10.1. The lowest BCUT2D eigenvalue weighted by molar-refractivity contribution is 0.111. The molecule has 94 valence electrons. The second-order valence-corrected chi connectivity index (χ2v) is 4.77. The van der Waals surface area contributed by atoms with Crippen LogP contribution in [0.2, 0.25) is 0 Å². The van der Waals surface area contributed by atoms with Crippen LogP contribution in [0.4, 0.5) is 5.82 Å². The zero-order valence-corrected chi connectivity index (χ0v) is 10.1. The molecule has 1 aromatic rings. The van der Waals surface area contributed by atoms with Crippen LogP contribution in [0.5, 0.6) is 0 Å². The fraction of sp³-hybridized carbons (Fsp3) is 0.667. The smallest absolute Gasteiger partial charge is 0.252 e. The van der Waals surface area contributed by atoms with Crippen LogP contribution < -0.4 is 10.9 Å². The number of rotatable bonds is 3. The highest BCUT2D eigenvalue weighted by molar-refractivity contribution is 5.32. The Morgan fingerprint density at radius 3 is 2.82 bits per heavy atom. The van der Waals surface area contributed by atoms with E-state index in [9.17, 15) is 9.90 Å². The van der Waals surface area contributed by atoms with E-state index < -0.39 is 0 Å². The molecule has 0 unspecified atom stereocenters. The first-order valence-corrected chi connectivity index (χ1v) is 6.13. The lowest BCUT2D eigenvalue weighted by Gasteiger charge is -2.25. The largest absolute Gasteiger partial charge is 0.393 e. The maximum Gasteiger partial charge on any atom is 0.252 e. The highest BCUT2D eigenvalue weighted by atomic mass is 16.3. The van der Waals surface area contributed by atoms with Crippen LogP contribution in [0.1, 0.15) is 31.5 Å². The van der Waals surface area contributed by atoms with Gasteiger partial charge in [0.2, 0.25) is 0 Å². The fourth-order valence-electron chi connectivity index (χ4n) is 2.27. The van der Waals surface area contributed by atoms with Gasteiger partial charge in [-0.3, -0.25) is 4.79 Å². The molecule has 1 aliphatic rings. The van der Waals surface area contributed by atoms with E-state index in [1.165, 1.54) is 6.07 Å². The number of hydrogen-bond acceptors (Lipinski definition) is 4. The number of anilines is 1. The molecule has 0 spiro atoms. The van der Waals surface area contributed by atoms with Gasteiger partial charge in [0.25, 0.3) is 5.56 Å². The second-order valence-electron chi connectivity index (χ2n) is 4.77. The average molecular weight is 237 g/mol. The highest BCUT2D eigenvalue weighted by Crippen LogP contribution is 2.24. The van der Waals surface area contributed by atoms with Crippen LogP contribution in [-0.4, -0.2) is 27.7 Å². The van der Waals surface area contributed by atoms with E-state index in [0.717, 1.165) is 32.2 Å². The quantitative estimate of drug-likeness (QED) is 0.734. The number of H-pyrrole nitrogens is 1. The minimum absolute atomic E-state index is 0.119. The van der Waals surface area contributed by atoms with E-state index in [2.05, 4.69) is 15.3 Å². The minimum atomic E-state index is -0.126. The van der Waals surface area contributed by atoms with E-state index >= 15 is 0 Å². The number of aromatic nitrogens is 2. The lowest BCUT2D eigenvalue weighted by Crippen LogP contribution is -2.24. The molecular formula is C12H19N3O2. The van der Waals surface area contributed by atoms with E-state index in [4.69, 9.17) is 0 Å². The molecule has 3 N–H and O–H groups in total. The average Bonchev–Trinajstić information content (AvgIpc) is 2.27. The first-order chi connectivity index (χ1) is 8.13. The summed E-state index contributed by atoms with van der Waals surface area (Å²) in [6.07, 6.45) is 3.72. The Morgan fingerprint density at radius 2 is 2.18 bits per heavy atom. The van der Waals surface area contributed by atoms with Gasteiger partial charge in [-0.2, -0.15) is 0 Å². The summed E-state index contributed by atoms with van der Waals surface area (Å²) in [5.41, 5.74) is -0.126. The first kappa shape index (κ1) is 12.1. The maximum atomic E-state index is 11.2. The number of aliphatic hydroxyl groups excluding tert-OH is 1. The highest BCUT2D eigenvalue weighted by Gasteiger charge is 2.19. The first-order valence-electron chi connectivity index (χ1n) is 6.13. The van der Waals surface area contributed by atoms with Crippen molar-refractivity contribution in [1.29, 1.82) is 0 Å². The molecule has 1 saturated carbocycles. The Kier molecular flexibility index (Phi) is 3.78. The molecule has 0 atom stereocenters. The van der Waals surface area contributed by atoms with Crippen LogP contribution in [0.25, 0.3) is 0 Å². The van der Waals surface area contributed by atoms with E-state index in [1.807, 2.05) is 0 Å². The molecule has 17 heavy (non-hydrogen) atoms. The summed E-state index contributed by atoms with van der Waals surface area (Å²) in [7, 11) is 0. The number of nitrogens with zero attached hydrogens (tertiary/aromatic N) is 1. The third-order valence-electron chi connectivity index (χ3n) is 3.25. The number of aryl methyl sites for hydroxylation is 1. The Morgan fingerprint density at radius 1 is 1.47 bits per heavy atom. The summed E-state index contributed by atoms with van der Waals surface area (Å²) in [5.74, 6) is 1.83. The van der Waals surface area contributed by atoms with Crippen molar-refractivity contribution in [2.24, 2.45) is 5.92 Å². The molecule has 0 amide bonds. The van der Waals surface area contributed by atoms with Crippen LogP contribution in [-0.2, 0) is 0 Å². The molecule has 1 aliphatic carbocycles. The third-order valence-corrected chi connectivity index (χ3v) is 3.25. The zero-order chi connectivity index (χ0) is 12.3. The summed E-state index contributed by atoms with van der Waals surface area (Å²) in [4.78, 5) is 18.1. The predicted octanol–water partition coefficient (Wildman–Crippen LogP) is 1.04. The van der Waals surface area contributed by atoms with E-state index in [0.29, 0.717) is 17.6 Å². The van der Waals surface area contributed by atoms with Crippen molar-refractivity contribution in [2.45, 2.75) is 38.7 Å². The van der Waals surface area contributed by atoms with Gasteiger partial charge in [0.1, 0.15) is 11.6 Å². The molecule has 5 nitrogen and oxygen atoms in total. The summed E-state index contributed by atoms with van der Waals surface area (Å²) in [5, 5.41) is 12.6. The topological polar surface area (TPSA) is 78.0 Å². The SMILES string of the molecule is Cc1nc(NCC2CCC(O)CC2)cc(=O)[nH]1. The minimum Gasteiger partial charge on any atom is -0.393 e. The monoisotopic (exact) mass is 237 g/mol. The number of nitrogens with one attached hydrogen (secondary N) is 2. The van der Waals surface area contributed by atoms with Gasteiger partial charge in [-0.15, -0.1) is 0 Å². The molecule has 0 radical (unpaired) electrons. The maximum absolute atomic E-state index is 11.2. The van der Waals surface area contributed by atoms with Gasteiger partial charge in [-0.25, -0.2) is 4.98 Å². The van der Waals surface area contributed by atoms with E-state index in [-0.39, 0.29) is 11.7 Å². The molecule has 5 heteroatoms. The number of hydrogen-bond donors (Lipinski definition) is 3. The molecule has 1 fully saturated rings. The Bertz CT molecular complexity index is 422. The molecule has 0 saturated heterocycles. The van der Waals surface area contributed by atoms with Crippen molar-refractivity contribution in [2.75, 3.05) is 11.9 Å². The van der Waals surface area contributed by atoms with Gasteiger partial charge in [0.05, 0.1) is 6.10 Å². The lowest BCUT2D eigenvalue weighted by atomic mass is 9.87. The molecule has 1 heterocycles. The van der Waals surface area contributed by atoms with Gasteiger partial charge in [-0.05, 0) is 38.5 Å². The van der Waals surface area contributed by atoms with Crippen molar-refractivity contribution < 1.29 is 5.11 Å². The Balaban J connectivity index is 1.87. The van der Waals surface area contributed by atoms with Crippen molar-refractivity contribution in [3.8, 4) is 0 Å². The molecular weight excluding hydrogens is 218 g/mol. The van der Waals surface area contributed by atoms with Gasteiger partial charge in [-0.1, -0.05) is 0 Å². The number of aliphatic hydroxyl groups is 1. The van der Waals surface area contributed by atoms with Crippen molar-refractivity contribution in [3.05, 3.63) is 22.2 Å². The molecule has 1 aromatic heterocycles. The standard InChI is InChI=1S/C12H19N3O2/c1-8-14-11(6-12(17)15-8)13-7-9-2-4-10(16)5-3-9/h6,9-10,16H,2-5,7H2,1H3,(H2,13,14,15,17). The third kappa shape index (κ3) is 3.56.